The Kier molecular flexibility index (Phi) is 9.19. The van der Waals surface area contributed by atoms with Crippen LogP contribution in [0.4, 0.5) is 10.3 Å². The fourth-order valence-electron chi connectivity index (χ4n) is 3.44. The number of hydrogen-bond acceptors (Lipinski definition) is 7. The van der Waals surface area contributed by atoms with E-state index < -0.39 is 0 Å². The molecule has 1 amide bonds. The summed E-state index contributed by atoms with van der Waals surface area (Å²) in [5.41, 5.74) is 8.93. The number of nitrogen functional groups attached to an aromatic ring is 1. The van der Waals surface area contributed by atoms with Crippen LogP contribution in [0.1, 0.15) is 40.4 Å². The van der Waals surface area contributed by atoms with Gasteiger partial charge in [0.15, 0.2) is 11.5 Å². The van der Waals surface area contributed by atoms with Gasteiger partial charge in [-0.2, -0.15) is 4.52 Å². The van der Waals surface area contributed by atoms with Crippen molar-refractivity contribution in [3.8, 4) is 25.7 Å². The number of nitrogens with two attached hydrogens (primary N) is 1. The van der Waals surface area contributed by atoms with Crippen LogP contribution < -0.4 is 5.73 Å². The molecule has 2 N–H and O–H groups in total. The van der Waals surface area contributed by atoms with Gasteiger partial charge < -0.3 is 10.6 Å². The predicted molar refractivity (Wildman–Crippen MR) is 134 cm³/mol. The van der Waals surface area contributed by atoms with Gasteiger partial charge in [0.1, 0.15) is 11.5 Å². The van der Waals surface area contributed by atoms with E-state index >= 15 is 0 Å². The average molecular weight is 475 g/mol. The predicted octanol–water partition coefficient (Wildman–Crippen LogP) is 3.00. The normalized spacial score (nSPS) is 10.2. The van der Waals surface area contributed by atoms with Crippen LogP contribution in [0.3, 0.4) is 0 Å². The van der Waals surface area contributed by atoms with Crippen molar-refractivity contribution in [3.63, 3.8) is 0 Å². The molecule has 0 atom stereocenters. The van der Waals surface area contributed by atoms with Gasteiger partial charge in [-0.3, -0.25) is 9.78 Å². The molecule has 0 aliphatic rings. The van der Waals surface area contributed by atoms with E-state index in [1.54, 1.807) is 25.1 Å². The maximum Gasteiger partial charge on any atom is 0.273 e. The van der Waals surface area contributed by atoms with E-state index in [1.807, 2.05) is 6.92 Å². The van der Waals surface area contributed by atoms with Crippen molar-refractivity contribution in [2.24, 2.45) is 0 Å². The van der Waals surface area contributed by atoms with Crippen LogP contribution in [-0.4, -0.2) is 53.9 Å². The fraction of sp³-hybridized carbons (Fsp3) is 0.280. The number of aryl methyl sites for hydroxylation is 3. The quantitative estimate of drug-likeness (QED) is 0.337. The van der Waals surface area contributed by atoms with Gasteiger partial charge in [-0.05, 0) is 44.4 Å². The lowest BCUT2D eigenvalue weighted by Crippen LogP contribution is -2.28. The lowest BCUT2D eigenvalue weighted by atomic mass is 10.1. The van der Waals surface area contributed by atoms with E-state index in [0.717, 1.165) is 18.5 Å². The summed E-state index contributed by atoms with van der Waals surface area (Å²) in [5.74, 6) is 0.289. The number of amides is 1. The molecule has 0 bridgehead atoms. The molecule has 0 fully saturated rings. The highest BCUT2D eigenvalue weighted by Crippen LogP contribution is 2.24. The summed E-state index contributed by atoms with van der Waals surface area (Å²) in [7, 11) is 1.74. The lowest BCUT2D eigenvalue weighted by molar-refractivity contribution is 0.0786. The Morgan fingerprint density at radius 2 is 1.80 bits per heavy atom. The third-order valence-electron chi connectivity index (χ3n) is 5.09. The molecule has 0 saturated carbocycles. The molecule has 4 rings (SSSR count). The maximum absolute atomic E-state index is 13.9. The molecular weight excluding hydrogens is 447 g/mol. The van der Waals surface area contributed by atoms with Gasteiger partial charge >= 0.3 is 0 Å². The molecule has 3 aromatic heterocycles. The summed E-state index contributed by atoms with van der Waals surface area (Å²) < 4.78 is 15.4. The van der Waals surface area contributed by atoms with Crippen molar-refractivity contribution in [1.29, 1.82) is 0 Å². The first-order valence-electron chi connectivity index (χ1n) is 10.6. The second-order valence-corrected chi connectivity index (χ2v) is 7.58. The molecule has 0 aliphatic heterocycles. The number of fused-ring (bicyclic) bond motifs is 3. The molecule has 10 heteroatoms. The molecule has 1 aromatic carbocycles. The van der Waals surface area contributed by atoms with Crippen molar-refractivity contribution >= 4 is 28.4 Å². The number of benzene rings is 1. The molecular formula is C25H27FN8O. The summed E-state index contributed by atoms with van der Waals surface area (Å²) in [4.78, 5) is 31.2. The number of nitrogens with zero attached hydrogens (tertiary/aromatic N) is 7. The second kappa shape index (κ2) is 12.1. The first-order valence-corrected chi connectivity index (χ1v) is 10.6. The highest BCUT2D eigenvalue weighted by molar-refractivity contribution is 5.94. The standard InChI is InChI=1S/C21H23FN8O.2C2H2/c1-12-8-14(22)9-15-18(12)27-21(23)30-19(15)26-17(28-30)6-4-5-7-29(3)20(31)16-11-24-13(2)10-25-16;2*1-2/h8-11H,4-7H2,1-3H3,(H2,23,27);2*1-2H. The average Bonchev–Trinajstić information content (AvgIpc) is 3.30. The Labute approximate surface area is 203 Å². The number of aromatic nitrogens is 6. The number of halogens is 1. The summed E-state index contributed by atoms with van der Waals surface area (Å²) in [6, 6.07) is 2.82. The van der Waals surface area contributed by atoms with Crippen LogP contribution in [-0.2, 0) is 6.42 Å². The van der Waals surface area contributed by atoms with Gasteiger partial charge in [0.05, 0.1) is 17.4 Å². The molecule has 35 heavy (non-hydrogen) atoms. The zero-order chi connectivity index (χ0) is 26.1. The number of unbranched alkanes of at least 4 members (excludes halogenated alkanes) is 1. The SMILES string of the molecule is C#C.C#C.Cc1cnc(C(=O)N(C)CCCCc2nc3c4cc(F)cc(C)c4nc(N)n3n2)cn1. The Bertz CT molecular complexity index is 1350. The van der Waals surface area contributed by atoms with Gasteiger partial charge in [0.25, 0.3) is 5.91 Å². The molecule has 3 heterocycles. The van der Waals surface area contributed by atoms with Gasteiger partial charge in [0, 0.05) is 31.6 Å². The molecule has 0 aliphatic carbocycles. The third kappa shape index (κ3) is 6.06. The van der Waals surface area contributed by atoms with E-state index in [4.69, 9.17) is 5.73 Å². The second-order valence-electron chi connectivity index (χ2n) is 7.58. The van der Waals surface area contributed by atoms with Gasteiger partial charge in [-0.25, -0.2) is 19.3 Å². The minimum atomic E-state index is -0.353. The largest absolute Gasteiger partial charge is 0.368 e. The van der Waals surface area contributed by atoms with Crippen LogP contribution in [0.5, 0.6) is 0 Å². The van der Waals surface area contributed by atoms with Crippen LogP contribution in [0.15, 0.2) is 24.5 Å². The highest BCUT2D eigenvalue weighted by Gasteiger charge is 2.15. The molecule has 180 valence electrons. The van der Waals surface area contributed by atoms with Crippen molar-refractivity contribution in [2.45, 2.75) is 33.1 Å². The molecule has 0 unspecified atom stereocenters. The number of anilines is 1. The smallest absolute Gasteiger partial charge is 0.273 e. The van der Waals surface area contributed by atoms with E-state index in [0.29, 0.717) is 46.6 Å². The topological polar surface area (TPSA) is 115 Å². The number of hydrogen-bond donors (Lipinski definition) is 1. The number of rotatable bonds is 6. The van der Waals surface area contributed by atoms with Gasteiger partial charge in [0.2, 0.25) is 5.95 Å². The Hall–Kier alpha value is -4.57. The first kappa shape index (κ1) is 26.7. The minimum Gasteiger partial charge on any atom is -0.368 e. The first-order chi connectivity index (χ1) is 16.8. The van der Waals surface area contributed by atoms with E-state index in [1.165, 1.54) is 22.8 Å². The summed E-state index contributed by atoms with van der Waals surface area (Å²) >= 11 is 0. The van der Waals surface area contributed by atoms with E-state index in [-0.39, 0.29) is 17.7 Å². The van der Waals surface area contributed by atoms with Crippen molar-refractivity contribution in [2.75, 3.05) is 19.3 Å². The van der Waals surface area contributed by atoms with Crippen molar-refractivity contribution in [3.05, 3.63) is 53.1 Å². The maximum atomic E-state index is 13.9. The monoisotopic (exact) mass is 474 g/mol. The molecule has 9 nitrogen and oxygen atoms in total. The molecule has 0 radical (unpaired) electrons. The van der Waals surface area contributed by atoms with Crippen LogP contribution in [0.2, 0.25) is 0 Å². The molecule has 0 saturated heterocycles. The van der Waals surface area contributed by atoms with Crippen LogP contribution >= 0.6 is 0 Å². The number of carbonyl (C=O) groups excluding carboxylic acids is 1. The molecule has 0 spiro atoms. The Morgan fingerprint density at radius 3 is 2.46 bits per heavy atom. The summed E-state index contributed by atoms with van der Waals surface area (Å²) in [6.45, 7) is 4.17. The summed E-state index contributed by atoms with van der Waals surface area (Å²) in [5, 5.41) is 5.00. The minimum absolute atomic E-state index is 0.166. The van der Waals surface area contributed by atoms with Gasteiger partial charge in [-0.15, -0.1) is 30.8 Å². The Morgan fingerprint density at radius 1 is 1.09 bits per heavy atom. The van der Waals surface area contributed by atoms with Crippen molar-refractivity contribution in [1.82, 2.24) is 34.4 Å². The van der Waals surface area contributed by atoms with Gasteiger partial charge in [-0.1, -0.05) is 0 Å². The number of carbonyl (C=O) groups is 1. The lowest BCUT2D eigenvalue weighted by Gasteiger charge is -2.16. The zero-order valence-corrected chi connectivity index (χ0v) is 19.9. The fourth-order valence-corrected chi connectivity index (χ4v) is 3.44. The summed E-state index contributed by atoms with van der Waals surface area (Å²) in [6.07, 6.45) is 21.2. The van der Waals surface area contributed by atoms with Crippen molar-refractivity contribution < 1.29 is 9.18 Å². The van der Waals surface area contributed by atoms with E-state index in [9.17, 15) is 9.18 Å². The van der Waals surface area contributed by atoms with Crippen LogP contribution in [0, 0.1) is 45.4 Å². The Balaban J connectivity index is 0.00000103. The zero-order valence-electron chi connectivity index (χ0n) is 19.9. The highest BCUT2D eigenvalue weighted by atomic mass is 19.1. The third-order valence-corrected chi connectivity index (χ3v) is 5.09. The van der Waals surface area contributed by atoms with E-state index in [2.05, 4.69) is 50.7 Å². The van der Waals surface area contributed by atoms with Crippen LogP contribution in [0.25, 0.3) is 16.6 Å². The number of terminal acetylenes is 2. The molecule has 4 aromatic rings.